The van der Waals surface area contributed by atoms with Crippen LogP contribution in [-0.2, 0) is 0 Å². The lowest BCUT2D eigenvalue weighted by Gasteiger charge is -2.13. The third kappa shape index (κ3) is 3.75. The number of rotatable bonds is 5. The topological polar surface area (TPSA) is 29.5 Å². The second-order valence-electron chi connectivity index (χ2n) is 4.61. The molecule has 0 heterocycles. The average molecular weight is 290 g/mol. The van der Waals surface area contributed by atoms with E-state index in [1.165, 1.54) is 0 Å². The molecule has 2 rings (SSSR count). The lowest BCUT2D eigenvalue weighted by atomic mass is 10.1. The van der Waals surface area contributed by atoms with Crippen LogP contribution in [0.2, 0.25) is 5.02 Å². The van der Waals surface area contributed by atoms with Gasteiger partial charge in [-0.05, 0) is 36.4 Å². The summed E-state index contributed by atoms with van der Waals surface area (Å²) in [4.78, 5) is 14.0. The van der Waals surface area contributed by atoms with Gasteiger partial charge in [-0.3, -0.25) is 4.79 Å². The maximum Gasteiger partial charge on any atom is 0.200 e. The second-order valence-corrected chi connectivity index (χ2v) is 5.05. The monoisotopic (exact) mass is 289 g/mol. The molecular weight excluding hydrogens is 274 g/mol. The molecule has 0 unspecified atom stereocenters. The van der Waals surface area contributed by atoms with Gasteiger partial charge in [0.15, 0.2) is 12.4 Å². The molecule has 0 N–H and O–H groups in total. The zero-order valence-corrected chi connectivity index (χ0v) is 12.2. The Balaban J connectivity index is 1.96. The van der Waals surface area contributed by atoms with E-state index in [2.05, 4.69) is 0 Å². The Labute approximate surface area is 123 Å². The molecule has 0 spiro atoms. The van der Waals surface area contributed by atoms with Crippen LogP contribution in [0.1, 0.15) is 10.4 Å². The van der Waals surface area contributed by atoms with Gasteiger partial charge in [0.1, 0.15) is 5.75 Å². The predicted octanol–water partition coefficient (Wildman–Crippen LogP) is 3.67. The van der Waals surface area contributed by atoms with Gasteiger partial charge in [-0.2, -0.15) is 0 Å². The first-order valence-electron chi connectivity index (χ1n) is 6.25. The Hall–Kier alpha value is -2.00. The predicted molar refractivity (Wildman–Crippen MR) is 82.0 cm³/mol. The van der Waals surface area contributed by atoms with Crippen molar-refractivity contribution in [2.75, 3.05) is 25.6 Å². The van der Waals surface area contributed by atoms with E-state index in [0.717, 1.165) is 5.69 Å². The van der Waals surface area contributed by atoms with E-state index in [1.54, 1.807) is 24.3 Å². The fourth-order valence-corrected chi connectivity index (χ4v) is 1.92. The van der Waals surface area contributed by atoms with Crippen molar-refractivity contribution in [3.05, 3.63) is 59.1 Å². The molecule has 0 fully saturated rings. The van der Waals surface area contributed by atoms with E-state index < -0.39 is 0 Å². The highest BCUT2D eigenvalue weighted by atomic mass is 35.5. The first-order valence-corrected chi connectivity index (χ1v) is 6.63. The van der Waals surface area contributed by atoms with Gasteiger partial charge in [-0.15, -0.1) is 0 Å². The molecule has 104 valence electrons. The third-order valence-corrected chi connectivity index (χ3v) is 3.10. The van der Waals surface area contributed by atoms with Crippen molar-refractivity contribution in [3.63, 3.8) is 0 Å². The van der Waals surface area contributed by atoms with Crippen LogP contribution in [0, 0.1) is 0 Å². The minimum atomic E-state index is -0.0933. The van der Waals surface area contributed by atoms with E-state index in [0.29, 0.717) is 16.3 Å². The number of anilines is 1. The van der Waals surface area contributed by atoms with Crippen molar-refractivity contribution < 1.29 is 9.53 Å². The maximum absolute atomic E-state index is 12.0. The summed E-state index contributed by atoms with van der Waals surface area (Å²) < 4.78 is 5.49. The molecule has 0 atom stereocenters. The number of carbonyl (C=O) groups is 1. The fourth-order valence-electron chi connectivity index (χ4n) is 1.73. The third-order valence-electron chi connectivity index (χ3n) is 2.87. The molecule has 2 aromatic carbocycles. The summed E-state index contributed by atoms with van der Waals surface area (Å²) in [6.45, 7) is 0.00164. The number of ether oxygens (including phenoxy) is 1. The van der Waals surface area contributed by atoms with Crippen molar-refractivity contribution in [2.45, 2.75) is 0 Å². The van der Waals surface area contributed by atoms with Crippen LogP contribution in [0.15, 0.2) is 48.5 Å². The van der Waals surface area contributed by atoms with Crippen molar-refractivity contribution in [1.29, 1.82) is 0 Å². The molecule has 0 aromatic heterocycles. The van der Waals surface area contributed by atoms with E-state index in [-0.39, 0.29) is 12.4 Å². The zero-order valence-electron chi connectivity index (χ0n) is 11.5. The number of ketones is 1. The van der Waals surface area contributed by atoms with Gasteiger partial charge in [-0.25, -0.2) is 0 Å². The minimum absolute atomic E-state index is 0.00164. The Morgan fingerprint density at radius 2 is 1.85 bits per heavy atom. The van der Waals surface area contributed by atoms with Crippen LogP contribution < -0.4 is 9.64 Å². The SMILES string of the molecule is CN(C)c1ccc(OCC(=O)c2cccc(Cl)c2)cc1. The number of nitrogens with zero attached hydrogens (tertiary/aromatic N) is 1. The van der Waals surface area contributed by atoms with Gasteiger partial charge in [0.05, 0.1) is 0 Å². The van der Waals surface area contributed by atoms with Crippen molar-refractivity contribution in [2.24, 2.45) is 0 Å². The van der Waals surface area contributed by atoms with Crippen molar-refractivity contribution in [1.82, 2.24) is 0 Å². The number of halogens is 1. The largest absolute Gasteiger partial charge is 0.485 e. The first kappa shape index (κ1) is 14.4. The normalized spacial score (nSPS) is 10.2. The van der Waals surface area contributed by atoms with Crippen LogP contribution in [0.4, 0.5) is 5.69 Å². The molecule has 0 aliphatic heterocycles. The first-order chi connectivity index (χ1) is 9.56. The van der Waals surface area contributed by atoms with Gasteiger partial charge >= 0.3 is 0 Å². The molecule has 2 aromatic rings. The maximum atomic E-state index is 12.0. The number of hydrogen-bond donors (Lipinski definition) is 0. The Bertz CT molecular complexity index is 594. The minimum Gasteiger partial charge on any atom is -0.485 e. The van der Waals surface area contributed by atoms with E-state index in [9.17, 15) is 4.79 Å². The van der Waals surface area contributed by atoms with Gasteiger partial charge in [0, 0.05) is 30.4 Å². The van der Waals surface area contributed by atoms with Crippen LogP contribution in [0.5, 0.6) is 5.75 Å². The zero-order chi connectivity index (χ0) is 14.5. The Kier molecular flexibility index (Phi) is 4.64. The highest BCUT2D eigenvalue weighted by Crippen LogP contribution is 2.18. The molecule has 0 saturated heterocycles. The molecule has 20 heavy (non-hydrogen) atoms. The molecular formula is C16H16ClNO2. The van der Waals surface area contributed by atoms with E-state index >= 15 is 0 Å². The summed E-state index contributed by atoms with van der Waals surface area (Å²) in [6, 6.07) is 14.4. The molecule has 3 nitrogen and oxygen atoms in total. The highest BCUT2D eigenvalue weighted by molar-refractivity contribution is 6.31. The van der Waals surface area contributed by atoms with Crippen LogP contribution in [0.3, 0.4) is 0 Å². The summed E-state index contributed by atoms with van der Waals surface area (Å²) in [5.74, 6) is 0.579. The van der Waals surface area contributed by atoms with E-state index in [1.807, 2.05) is 43.3 Å². The van der Waals surface area contributed by atoms with Gasteiger partial charge in [-0.1, -0.05) is 23.7 Å². The van der Waals surface area contributed by atoms with Crippen molar-refractivity contribution >= 4 is 23.1 Å². The molecule has 4 heteroatoms. The lowest BCUT2D eigenvalue weighted by Crippen LogP contribution is -2.12. The molecule has 0 amide bonds. The Morgan fingerprint density at radius 1 is 1.15 bits per heavy atom. The second kappa shape index (κ2) is 6.44. The molecule has 0 radical (unpaired) electrons. The van der Waals surface area contributed by atoms with E-state index in [4.69, 9.17) is 16.3 Å². The lowest BCUT2D eigenvalue weighted by molar-refractivity contribution is 0.0921. The molecule has 0 aliphatic rings. The summed E-state index contributed by atoms with van der Waals surface area (Å²) in [7, 11) is 3.94. The van der Waals surface area contributed by atoms with Gasteiger partial charge in [0.2, 0.25) is 0 Å². The molecule has 0 saturated carbocycles. The molecule has 0 aliphatic carbocycles. The summed E-state index contributed by atoms with van der Waals surface area (Å²) >= 11 is 5.86. The number of benzene rings is 2. The van der Waals surface area contributed by atoms with Crippen LogP contribution >= 0.6 is 11.6 Å². The quantitative estimate of drug-likeness (QED) is 0.787. The van der Waals surface area contributed by atoms with Crippen molar-refractivity contribution in [3.8, 4) is 5.75 Å². The summed E-state index contributed by atoms with van der Waals surface area (Å²) in [5.41, 5.74) is 1.64. The summed E-state index contributed by atoms with van der Waals surface area (Å²) in [5, 5.41) is 0.547. The standard InChI is InChI=1S/C16H16ClNO2/c1-18(2)14-6-8-15(9-7-14)20-11-16(19)12-4-3-5-13(17)10-12/h3-10H,11H2,1-2H3. The fraction of sp³-hybridized carbons (Fsp3) is 0.188. The number of hydrogen-bond acceptors (Lipinski definition) is 3. The van der Waals surface area contributed by atoms with Crippen LogP contribution in [0.25, 0.3) is 0 Å². The summed E-state index contributed by atoms with van der Waals surface area (Å²) in [6.07, 6.45) is 0. The smallest absolute Gasteiger partial charge is 0.200 e. The average Bonchev–Trinajstić information content (AvgIpc) is 2.45. The van der Waals surface area contributed by atoms with Crippen LogP contribution in [-0.4, -0.2) is 26.5 Å². The van der Waals surface area contributed by atoms with Gasteiger partial charge in [0.25, 0.3) is 0 Å². The number of carbonyl (C=O) groups excluding carboxylic acids is 1. The number of Topliss-reactive ketones (excluding diaryl/α,β-unsaturated/α-hetero) is 1. The Morgan fingerprint density at radius 3 is 2.45 bits per heavy atom. The molecule has 0 bridgehead atoms. The highest BCUT2D eigenvalue weighted by Gasteiger charge is 2.07. The van der Waals surface area contributed by atoms with Gasteiger partial charge < -0.3 is 9.64 Å².